The fourth-order valence-corrected chi connectivity index (χ4v) is 1.97. The van der Waals surface area contributed by atoms with Crippen molar-refractivity contribution in [3.63, 3.8) is 0 Å². The van der Waals surface area contributed by atoms with E-state index in [1.165, 1.54) is 4.68 Å². The number of aromatic nitrogens is 2. The van der Waals surface area contributed by atoms with Crippen LogP contribution in [0.2, 0.25) is 0 Å². The molecule has 2 rings (SSSR count). The zero-order chi connectivity index (χ0) is 11.8. The van der Waals surface area contributed by atoms with Crippen molar-refractivity contribution < 1.29 is 13.5 Å². The number of hydrogen-bond donors (Lipinski definition) is 1. The number of ether oxygens (including phenoxy) is 1. The molecule has 0 spiro atoms. The molecule has 0 atom stereocenters. The monoisotopic (exact) mass is 231 g/mol. The molecule has 0 saturated carbocycles. The highest BCUT2D eigenvalue weighted by Crippen LogP contribution is 2.27. The molecule has 6 heteroatoms. The fourth-order valence-electron chi connectivity index (χ4n) is 1.97. The van der Waals surface area contributed by atoms with Crippen molar-refractivity contribution in [2.45, 2.75) is 18.4 Å². The van der Waals surface area contributed by atoms with E-state index >= 15 is 0 Å². The third kappa shape index (κ3) is 1.94. The Morgan fingerprint density at radius 3 is 2.75 bits per heavy atom. The molecule has 2 heterocycles. The Labute approximate surface area is 92.6 Å². The van der Waals surface area contributed by atoms with Crippen molar-refractivity contribution >= 4 is 0 Å². The summed E-state index contributed by atoms with van der Waals surface area (Å²) in [5, 5.41) is 6.87. The average molecular weight is 231 g/mol. The highest BCUT2D eigenvalue weighted by Gasteiger charge is 2.38. The van der Waals surface area contributed by atoms with Crippen molar-refractivity contribution in [2.75, 3.05) is 20.2 Å². The second kappa shape index (κ2) is 4.10. The Morgan fingerprint density at radius 2 is 2.31 bits per heavy atom. The Bertz CT molecular complexity index is 369. The van der Waals surface area contributed by atoms with Crippen LogP contribution in [0.3, 0.4) is 0 Å². The molecule has 4 nitrogen and oxygen atoms in total. The van der Waals surface area contributed by atoms with Crippen LogP contribution >= 0.6 is 0 Å². The van der Waals surface area contributed by atoms with Crippen LogP contribution in [-0.4, -0.2) is 35.6 Å². The molecule has 1 saturated heterocycles. The van der Waals surface area contributed by atoms with Gasteiger partial charge in [0.25, 0.3) is 6.43 Å². The normalized spacial score (nSPS) is 18.8. The molecular weight excluding hydrogens is 216 g/mol. The van der Waals surface area contributed by atoms with Gasteiger partial charge in [0.1, 0.15) is 5.69 Å². The first-order valence-corrected chi connectivity index (χ1v) is 5.13. The van der Waals surface area contributed by atoms with Gasteiger partial charge in [-0.3, -0.25) is 4.68 Å². The molecule has 16 heavy (non-hydrogen) atoms. The van der Waals surface area contributed by atoms with E-state index in [-0.39, 0.29) is 11.3 Å². The molecule has 1 aliphatic rings. The van der Waals surface area contributed by atoms with E-state index in [4.69, 9.17) is 4.74 Å². The quantitative estimate of drug-likeness (QED) is 0.836. The molecule has 0 aliphatic carbocycles. The Balaban J connectivity index is 2.20. The van der Waals surface area contributed by atoms with Gasteiger partial charge in [-0.2, -0.15) is 5.10 Å². The third-order valence-corrected chi connectivity index (χ3v) is 2.98. The molecule has 0 unspecified atom stereocenters. The minimum absolute atomic E-state index is 0.133. The van der Waals surface area contributed by atoms with Crippen LogP contribution in [-0.2, 0) is 18.2 Å². The molecule has 0 radical (unpaired) electrons. The first kappa shape index (κ1) is 11.5. The SMILES string of the molecule is COC1(Cc2cn(C)nc2C(F)F)CNC1. The van der Waals surface area contributed by atoms with Crippen molar-refractivity contribution in [1.82, 2.24) is 15.1 Å². The second-order valence-electron chi connectivity index (χ2n) is 4.18. The number of methoxy groups -OCH3 is 1. The van der Waals surface area contributed by atoms with Crippen LogP contribution in [0.5, 0.6) is 0 Å². The number of aryl methyl sites for hydroxylation is 1. The minimum atomic E-state index is -2.53. The lowest BCUT2D eigenvalue weighted by Gasteiger charge is -2.41. The van der Waals surface area contributed by atoms with Gasteiger partial charge < -0.3 is 10.1 Å². The first-order valence-electron chi connectivity index (χ1n) is 5.13. The lowest BCUT2D eigenvalue weighted by atomic mass is 9.89. The maximum atomic E-state index is 12.7. The highest BCUT2D eigenvalue weighted by molar-refractivity contribution is 5.22. The maximum absolute atomic E-state index is 12.7. The van der Waals surface area contributed by atoms with E-state index < -0.39 is 6.43 Å². The standard InChI is InChI=1S/C10H15F2N3O/c1-15-4-7(8(14-15)9(11)12)3-10(16-2)5-13-6-10/h4,9,13H,3,5-6H2,1-2H3. The van der Waals surface area contributed by atoms with Gasteiger partial charge in [-0.25, -0.2) is 8.78 Å². The lowest BCUT2D eigenvalue weighted by molar-refractivity contribution is -0.0507. The van der Waals surface area contributed by atoms with Gasteiger partial charge in [-0.15, -0.1) is 0 Å². The summed E-state index contributed by atoms with van der Waals surface area (Å²) >= 11 is 0. The zero-order valence-corrected chi connectivity index (χ0v) is 9.33. The molecule has 1 aromatic heterocycles. The zero-order valence-electron chi connectivity index (χ0n) is 9.33. The fraction of sp³-hybridized carbons (Fsp3) is 0.700. The van der Waals surface area contributed by atoms with Crippen molar-refractivity contribution in [3.8, 4) is 0 Å². The van der Waals surface area contributed by atoms with Crippen LogP contribution in [0, 0.1) is 0 Å². The first-order chi connectivity index (χ1) is 7.56. The molecule has 0 bridgehead atoms. The summed E-state index contributed by atoms with van der Waals surface area (Å²) in [5.41, 5.74) is 0.0961. The van der Waals surface area contributed by atoms with E-state index in [0.717, 1.165) is 0 Å². The number of rotatable bonds is 4. The molecule has 1 aromatic rings. The number of nitrogens with zero attached hydrogens (tertiary/aromatic N) is 2. The van der Waals surface area contributed by atoms with Gasteiger partial charge in [-0.05, 0) is 0 Å². The Kier molecular flexibility index (Phi) is 2.94. The van der Waals surface area contributed by atoms with Gasteiger partial charge in [-0.1, -0.05) is 0 Å². The summed E-state index contributed by atoms with van der Waals surface area (Å²) in [4.78, 5) is 0. The third-order valence-electron chi connectivity index (χ3n) is 2.98. The lowest BCUT2D eigenvalue weighted by Crippen LogP contribution is -2.61. The van der Waals surface area contributed by atoms with E-state index in [0.29, 0.717) is 25.1 Å². The van der Waals surface area contributed by atoms with Crippen molar-refractivity contribution in [1.29, 1.82) is 0 Å². The molecule has 0 amide bonds. The summed E-state index contributed by atoms with van der Waals surface area (Å²) < 4.78 is 32.2. The van der Waals surface area contributed by atoms with E-state index in [2.05, 4.69) is 10.4 Å². The molecule has 1 fully saturated rings. The van der Waals surface area contributed by atoms with Crippen molar-refractivity contribution in [3.05, 3.63) is 17.5 Å². The van der Waals surface area contributed by atoms with Crippen LogP contribution < -0.4 is 5.32 Å². The summed E-state index contributed by atoms with van der Waals surface area (Å²) in [6, 6.07) is 0. The van der Waals surface area contributed by atoms with E-state index in [1.807, 2.05) is 0 Å². The predicted molar refractivity (Wildman–Crippen MR) is 54.5 cm³/mol. The van der Waals surface area contributed by atoms with Gasteiger partial charge in [0.05, 0.1) is 5.60 Å². The summed E-state index contributed by atoms with van der Waals surface area (Å²) in [6.45, 7) is 1.39. The summed E-state index contributed by atoms with van der Waals surface area (Å²) in [5.74, 6) is 0. The van der Waals surface area contributed by atoms with Gasteiger partial charge in [0.2, 0.25) is 0 Å². The maximum Gasteiger partial charge on any atom is 0.282 e. The summed E-state index contributed by atoms with van der Waals surface area (Å²) in [6.07, 6.45) is -0.414. The number of hydrogen-bond acceptors (Lipinski definition) is 3. The Hall–Kier alpha value is -1.01. The largest absolute Gasteiger partial charge is 0.375 e. The molecule has 0 aromatic carbocycles. The smallest absolute Gasteiger partial charge is 0.282 e. The topological polar surface area (TPSA) is 39.1 Å². The van der Waals surface area contributed by atoms with Crippen LogP contribution in [0.1, 0.15) is 17.7 Å². The van der Waals surface area contributed by atoms with Crippen LogP contribution in [0.25, 0.3) is 0 Å². The van der Waals surface area contributed by atoms with E-state index in [9.17, 15) is 8.78 Å². The number of nitrogens with one attached hydrogen (secondary N) is 1. The average Bonchev–Trinajstić information content (AvgIpc) is 2.53. The number of halogens is 2. The Morgan fingerprint density at radius 1 is 1.62 bits per heavy atom. The molecular formula is C10H15F2N3O. The van der Waals surface area contributed by atoms with Crippen molar-refractivity contribution in [2.24, 2.45) is 7.05 Å². The van der Waals surface area contributed by atoms with Gasteiger partial charge in [0.15, 0.2) is 0 Å². The predicted octanol–water partition coefficient (Wildman–Crippen LogP) is 0.889. The van der Waals surface area contributed by atoms with Crippen LogP contribution in [0.4, 0.5) is 8.78 Å². The van der Waals surface area contributed by atoms with E-state index in [1.54, 1.807) is 20.4 Å². The second-order valence-corrected chi connectivity index (χ2v) is 4.18. The highest BCUT2D eigenvalue weighted by atomic mass is 19.3. The molecule has 1 N–H and O–H groups in total. The van der Waals surface area contributed by atoms with Crippen LogP contribution in [0.15, 0.2) is 6.20 Å². The number of alkyl halides is 2. The minimum Gasteiger partial charge on any atom is -0.375 e. The molecule has 90 valence electrons. The van der Waals surface area contributed by atoms with Gasteiger partial charge in [0, 0.05) is 45.4 Å². The molecule has 1 aliphatic heterocycles. The summed E-state index contributed by atoms with van der Waals surface area (Å²) in [7, 11) is 3.26. The van der Waals surface area contributed by atoms with Gasteiger partial charge >= 0.3 is 0 Å².